The number of aliphatic hydroxyl groups is 1. The van der Waals surface area contributed by atoms with E-state index in [-0.39, 0.29) is 0 Å². The van der Waals surface area contributed by atoms with Crippen LogP contribution >= 0.6 is 0 Å². The molecule has 16 heavy (non-hydrogen) atoms. The van der Waals surface area contributed by atoms with Crippen molar-refractivity contribution in [3.8, 4) is 0 Å². The maximum atomic E-state index is 9.96. The van der Waals surface area contributed by atoms with Gasteiger partial charge in [-0.2, -0.15) is 0 Å². The summed E-state index contributed by atoms with van der Waals surface area (Å²) in [5.74, 6) is 0.902. The molecule has 2 aromatic heterocycles. The lowest BCUT2D eigenvalue weighted by molar-refractivity contribution is 0.165. The molecule has 0 amide bonds. The molecule has 2 heterocycles. The van der Waals surface area contributed by atoms with Crippen LogP contribution in [0.25, 0.3) is 0 Å². The van der Waals surface area contributed by atoms with Gasteiger partial charge in [0.1, 0.15) is 5.76 Å². The Morgan fingerprint density at radius 2 is 2.31 bits per heavy atom. The number of aryl methyl sites for hydroxylation is 2. The first kappa shape index (κ1) is 10.9. The summed E-state index contributed by atoms with van der Waals surface area (Å²) in [5.41, 5.74) is 1.93. The van der Waals surface area contributed by atoms with Crippen molar-refractivity contribution in [1.82, 2.24) is 4.98 Å². The largest absolute Gasteiger partial charge is 0.469 e. The fourth-order valence-corrected chi connectivity index (χ4v) is 1.66. The van der Waals surface area contributed by atoms with Crippen LogP contribution in [0.4, 0.5) is 0 Å². The Morgan fingerprint density at radius 3 is 3.00 bits per heavy atom. The summed E-state index contributed by atoms with van der Waals surface area (Å²) in [4.78, 5) is 4.07. The van der Waals surface area contributed by atoms with E-state index < -0.39 is 6.10 Å². The lowest BCUT2D eigenvalue weighted by Crippen LogP contribution is -2.00. The van der Waals surface area contributed by atoms with Gasteiger partial charge in [0.25, 0.3) is 0 Å². The van der Waals surface area contributed by atoms with Crippen molar-refractivity contribution in [2.45, 2.75) is 25.9 Å². The second-order valence-corrected chi connectivity index (χ2v) is 3.93. The number of aromatic nitrogens is 1. The monoisotopic (exact) mass is 217 g/mol. The Hall–Kier alpha value is -1.61. The first-order valence-corrected chi connectivity index (χ1v) is 5.37. The molecule has 0 aromatic carbocycles. The third-order valence-electron chi connectivity index (χ3n) is 2.53. The van der Waals surface area contributed by atoms with Gasteiger partial charge in [-0.3, -0.25) is 4.98 Å². The molecule has 0 fully saturated rings. The van der Waals surface area contributed by atoms with Crippen LogP contribution in [-0.4, -0.2) is 10.1 Å². The smallest absolute Gasteiger partial charge is 0.103 e. The topological polar surface area (TPSA) is 46.3 Å². The average molecular weight is 217 g/mol. The second-order valence-electron chi connectivity index (χ2n) is 3.93. The van der Waals surface area contributed by atoms with Gasteiger partial charge in [-0.05, 0) is 36.6 Å². The van der Waals surface area contributed by atoms with Crippen molar-refractivity contribution in [1.29, 1.82) is 0 Å². The normalized spacial score (nSPS) is 12.6. The van der Waals surface area contributed by atoms with Crippen molar-refractivity contribution < 1.29 is 9.52 Å². The van der Waals surface area contributed by atoms with Crippen LogP contribution in [0.15, 0.2) is 41.3 Å². The molecule has 84 valence electrons. The number of nitrogens with zero attached hydrogens (tertiary/aromatic N) is 1. The van der Waals surface area contributed by atoms with E-state index in [1.165, 1.54) is 0 Å². The standard InChI is InChI=1S/C13H15NO2/c1-10-7-11(9-14-8-10)13(15)5-4-12-3-2-6-16-12/h2-3,6-9,13,15H,4-5H2,1H3. The van der Waals surface area contributed by atoms with E-state index in [1.54, 1.807) is 18.7 Å². The summed E-state index contributed by atoms with van der Waals surface area (Å²) in [6.07, 6.45) is 6.05. The molecule has 3 heteroatoms. The predicted molar refractivity (Wildman–Crippen MR) is 61.0 cm³/mol. The van der Waals surface area contributed by atoms with Crippen LogP contribution in [0.2, 0.25) is 0 Å². The van der Waals surface area contributed by atoms with Crippen LogP contribution < -0.4 is 0 Å². The Labute approximate surface area is 94.8 Å². The molecule has 3 nitrogen and oxygen atoms in total. The summed E-state index contributed by atoms with van der Waals surface area (Å²) in [7, 11) is 0. The number of furan rings is 1. The Morgan fingerprint density at radius 1 is 1.44 bits per heavy atom. The lowest BCUT2D eigenvalue weighted by atomic mass is 10.0. The fraction of sp³-hybridized carbons (Fsp3) is 0.308. The number of pyridine rings is 1. The minimum absolute atomic E-state index is 0.475. The van der Waals surface area contributed by atoms with E-state index in [9.17, 15) is 5.11 Å². The zero-order valence-electron chi connectivity index (χ0n) is 9.26. The summed E-state index contributed by atoms with van der Waals surface area (Å²) in [6.45, 7) is 1.97. The molecular weight excluding hydrogens is 202 g/mol. The molecule has 0 spiro atoms. The van der Waals surface area contributed by atoms with Gasteiger partial charge < -0.3 is 9.52 Å². The number of hydrogen-bond donors (Lipinski definition) is 1. The Bertz CT molecular complexity index is 437. The molecule has 2 rings (SSSR count). The minimum atomic E-state index is -0.475. The van der Waals surface area contributed by atoms with E-state index in [1.807, 2.05) is 25.1 Å². The molecule has 0 saturated heterocycles. The Balaban J connectivity index is 1.95. The summed E-state index contributed by atoms with van der Waals surface area (Å²) in [5, 5.41) is 9.96. The van der Waals surface area contributed by atoms with Crippen LogP contribution in [0.3, 0.4) is 0 Å². The molecule has 0 aliphatic carbocycles. The molecule has 0 aliphatic heterocycles. The molecule has 0 bridgehead atoms. The van der Waals surface area contributed by atoms with Crippen LogP contribution in [0.1, 0.15) is 29.4 Å². The molecule has 0 radical (unpaired) electrons. The van der Waals surface area contributed by atoms with Gasteiger partial charge in [-0.25, -0.2) is 0 Å². The van der Waals surface area contributed by atoms with Gasteiger partial charge in [0.05, 0.1) is 12.4 Å². The van der Waals surface area contributed by atoms with Gasteiger partial charge in [0.2, 0.25) is 0 Å². The van der Waals surface area contributed by atoms with E-state index in [4.69, 9.17) is 4.42 Å². The summed E-state index contributed by atoms with van der Waals surface area (Å²) in [6, 6.07) is 5.73. The zero-order chi connectivity index (χ0) is 11.4. The van der Waals surface area contributed by atoms with E-state index in [0.717, 1.165) is 23.3 Å². The van der Waals surface area contributed by atoms with Crippen LogP contribution in [0, 0.1) is 6.92 Å². The Kier molecular flexibility index (Phi) is 3.37. The van der Waals surface area contributed by atoms with E-state index in [2.05, 4.69) is 4.98 Å². The van der Waals surface area contributed by atoms with Crippen LogP contribution in [0.5, 0.6) is 0 Å². The lowest BCUT2D eigenvalue weighted by Gasteiger charge is -2.09. The highest BCUT2D eigenvalue weighted by molar-refractivity contribution is 5.19. The molecule has 1 atom stereocenters. The van der Waals surface area contributed by atoms with Crippen LogP contribution in [-0.2, 0) is 6.42 Å². The van der Waals surface area contributed by atoms with Gasteiger partial charge in [0.15, 0.2) is 0 Å². The maximum Gasteiger partial charge on any atom is 0.103 e. The molecule has 1 N–H and O–H groups in total. The third-order valence-corrected chi connectivity index (χ3v) is 2.53. The summed E-state index contributed by atoms with van der Waals surface area (Å²) >= 11 is 0. The molecule has 0 saturated carbocycles. The number of aliphatic hydroxyl groups excluding tert-OH is 1. The van der Waals surface area contributed by atoms with Crippen molar-refractivity contribution in [2.24, 2.45) is 0 Å². The van der Waals surface area contributed by atoms with E-state index >= 15 is 0 Å². The van der Waals surface area contributed by atoms with Crippen molar-refractivity contribution in [3.63, 3.8) is 0 Å². The average Bonchev–Trinajstić information content (AvgIpc) is 2.78. The zero-order valence-corrected chi connectivity index (χ0v) is 9.26. The maximum absolute atomic E-state index is 9.96. The number of hydrogen-bond acceptors (Lipinski definition) is 3. The SMILES string of the molecule is Cc1cncc(C(O)CCc2ccco2)c1. The van der Waals surface area contributed by atoms with Gasteiger partial charge >= 0.3 is 0 Å². The third kappa shape index (κ3) is 2.70. The first-order valence-electron chi connectivity index (χ1n) is 5.37. The van der Waals surface area contributed by atoms with Gasteiger partial charge in [-0.1, -0.05) is 6.07 Å². The quantitative estimate of drug-likeness (QED) is 0.856. The van der Waals surface area contributed by atoms with Crippen molar-refractivity contribution in [3.05, 3.63) is 53.7 Å². The molecule has 0 aliphatic rings. The predicted octanol–water partition coefficient (Wildman–Crippen LogP) is 2.65. The first-order chi connectivity index (χ1) is 7.75. The van der Waals surface area contributed by atoms with Gasteiger partial charge in [-0.15, -0.1) is 0 Å². The second kappa shape index (κ2) is 4.94. The number of rotatable bonds is 4. The van der Waals surface area contributed by atoms with E-state index in [0.29, 0.717) is 6.42 Å². The minimum Gasteiger partial charge on any atom is -0.469 e. The highest BCUT2D eigenvalue weighted by atomic mass is 16.3. The fourth-order valence-electron chi connectivity index (χ4n) is 1.66. The van der Waals surface area contributed by atoms with Crippen molar-refractivity contribution >= 4 is 0 Å². The molecule has 1 unspecified atom stereocenters. The molecule has 2 aromatic rings. The highest BCUT2D eigenvalue weighted by Crippen LogP contribution is 2.19. The summed E-state index contributed by atoms with van der Waals surface area (Å²) < 4.78 is 5.22. The van der Waals surface area contributed by atoms with Crippen molar-refractivity contribution in [2.75, 3.05) is 0 Å². The highest BCUT2D eigenvalue weighted by Gasteiger charge is 2.09. The molecular formula is C13H15NO2. The van der Waals surface area contributed by atoms with Gasteiger partial charge in [0, 0.05) is 18.8 Å².